The number of halogens is 2. The van der Waals surface area contributed by atoms with Gasteiger partial charge in [0.15, 0.2) is 0 Å². The monoisotopic (exact) mass is 331 g/mol. The Kier molecular flexibility index (Phi) is 3.87. The molecule has 1 N–H and O–H groups in total. The fourth-order valence-corrected chi connectivity index (χ4v) is 2.99. The highest BCUT2D eigenvalue weighted by molar-refractivity contribution is 9.10. The summed E-state index contributed by atoms with van der Waals surface area (Å²) >= 11 is 9.32. The van der Waals surface area contributed by atoms with Crippen LogP contribution < -0.4 is 5.32 Å². The predicted molar refractivity (Wildman–Crippen MR) is 75.9 cm³/mol. The molecule has 0 unspecified atom stereocenters. The van der Waals surface area contributed by atoms with Crippen molar-refractivity contribution in [2.75, 3.05) is 12.4 Å². The lowest BCUT2D eigenvalue weighted by atomic mass is 9.69. The summed E-state index contributed by atoms with van der Waals surface area (Å²) in [7, 11) is 1.42. The first-order valence-corrected chi connectivity index (χ1v) is 6.95. The van der Waals surface area contributed by atoms with Crippen molar-refractivity contribution in [2.24, 2.45) is 5.92 Å². The summed E-state index contributed by atoms with van der Waals surface area (Å²) < 4.78 is 5.70. The quantitative estimate of drug-likeness (QED) is 0.854. The zero-order valence-electron chi connectivity index (χ0n) is 10.3. The van der Waals surface area contributed by atoms with Crippen molar-refractivity contribution < 1.29 is 9.53 Å². The molecule has 1 aliphatic carbocycles. The standard InChI is InChI=1S/C13H15BrClNO2/c1-8-6-13(7-8,12(17)18-2)16-9-3-4-11(15)10(14)5-9/h3-5,8,16H,6-7H2,1-2H3. The minimum absolute atomic E-state index is 0.202. The molecule has 0 saturated heterocycles. The number of rotatable bonds is 3. The van der Waals surface area contributed by atoms with Gasteiger partial charge < -0.3 is 10.1 Å². The van der Waals surface area contributed by atoms with E-state index in [0.717, 1.165) is 23.0 Å². The van der Waals surface area contributed by atoms with E-state index in [0.29, 0.717) is 10.9 Å². The van der Waals surface area contributed by atoms with Crippen LogP contribution in [0.15, 0.2) is 22.7 Å². The zero-order chi connectivity index (χ0) is 13.3. The van der Waals surface area contributed by atoms with Gasteiger partial charge in [-0.3, -0.25) is 0 Å². The number of nitrogens with one attached hydrogen (secondary N) is 1. The van der Waals surface area contributed by atoms with Crippen molar-refractivity contribution >= 4 is 39.2 Å². The molecule has 1 aromatic rings. The fraction of sp³-hybridized carbons (Fsp3) is 0.462. The van der Waals surface area contributed by atoms with E-state index in [1.807, 2.05) is 12.1 Å². The van der Waals surface area contributed by atoms with Crippen LogP contribution >= 0.6 is 27.5 Å². The van der Waals surface area contributed by atoms with Gasteiger partial charge in [0.2, 0.25) is 0 Å². The van der Waals surface area contributed by atoms with Gasteiger partial charge in [0.1, 0.15) is 5.54 Å². The lowest BCUT2D eigenvalue weighted by molar-refractivity contribution is -0.150. The van der Waals surface area contributed by atoms with E-state index in [-0.39, 0.29) is 5.97 Å². The molecule has 0 heterocycles. The second-order valence-corrected chi connectivity index (χ2v) is 6.10. The van der Waals surface area contributed by atoms with E-state index in [1.165, 1.54) is 7.11 Å². The molecule has 3 nitrogen and oxygen atoms in total. The molecule has 1 saturated carbocycles. The highest BCUT2D eigenvalue weighted by Gasteiger charge is 2.49. The Bertz CT molecular complexity index is 472. The van der Waals surface area contributed by atoms with E-state index >= 15 is 0 Å². The van der Waals surface area contributed by atoms with E-state index < -0.39 is 5.54 Å². The summed E-state index contributed by atoms with van der Waals surface area (Å²) in [4.78, 5) is 11.9. The Morgan fingerprint density at radius 1 is 1.56 bits per heavy atom. The Balaban J connectivity index is 2.19. The smallest absolute Gasteiger partial charge is 0.331 e. The molecule has 1 aliphatic rings. The van der Waals surface area contributed by atoms with Gasteiger partial charge in [0.05, 0.1) is 12.1 Å². The minimum Gasteiger partial charge on any atom is -0.467 e. The van der Waals surface area contributed by atoms with Crippen LogP contribution in [-0.2, 0) is 9.53 Å². The molecule has 5 heteroatoms. The number of hydrogen-bond acceptors (Lipinski definition) is 3. The molecule has 0 amide bonds. The highest BCUT2D eigenvalue weighted by atomic mass is 79.9. The molecule has 0 bridgehead atoms. The molecule has 0 aromatic heterocycles. The van der Waals surface area contributed by atoms with Crippen molar-refractivity contribution in [3.63, 3.8) is 0 Å². The minimum atomic E-state index is -0.582. The van der Waals surface area contributed by atoms with Crippen LogP contribution in [0.3, 0.4) is 0 Å². The third-order valence-corrected chi connectivity index (χ3v) is 4.49. The van der Waals surface area contributed by atoms with Crippen molar-refractivity contribution in [1.82, 2.24) is 0 Å². The normalized spacial score (nSPS) is 26.3. The summed E-state index contributed by atoms with van der Waals surface area (Å²) in [5.74, 6) is 0.332. The van der Waals surface area contributed by atoms with Gasteiger partial charge in [-0.15, -0.1) is 0 Å². The van der Waals surface area contributed by atoms with Crippen LogP contribution in [-0.4, -0.2) is 18.6 Å². The largest absolute Gasteiger partial charge is 0.467 e. The number of hydrogen-bond donors (Lipinski definition) is 1. The highest BCUT2D eigenvalue weighted by Crippen LogP contribution is 2.41. The van der Waals surface area contributed by atoms with Crippen molar-refractivity contribution in [3.8, 4) is 0 Å². The number of methoxy groups -OCH3 is 1. The van der Waals surface area contributed by atoms with Crippen LogP contribution in [0.25, 0.3) is 0 Å². The van der Waals surface area contributed by atoms with Crippen LogP contribution in [0.2, 0.25) is 5.02 Å². The first-order valence-electron chi connectivity index (χ1n) is 5.78. The first-order chi connectivity index (χ1) is 8.47. The topological polar surface area (TPSA) is 38.3 Å². The Morgan fingerprint density at radius 2 is 2.22 bits per heavy atom. The van der Waals surface area contributed by atoms with E-state index in [4.69, 9.17) is 16.3 Å². The van der Waals surface area contributed by atoms with Crippen LogP contribution in [0.5, 0.6) is 0 Å². The van der Waals surface area contributed by atoms with Gasteiger partial charge in [0, 0.05) is 10.2 Å². The molecule has 2 rings (SSSR count). The molecule has 1 fully saturated rings. The van der Waals surface area contributed by atoms with Crippen LogP contribution in [0.4, 0.5) is 5.69 Å². The molecule has 0 radical (unpaired) electrons. The van der Waals surface area contributed by atoms with Crippen molar-refractivity contribution in [2.45, 2.75) is 25.3 Å². The molecular formula is C13H15BrClNO2. The van der Waals surface area contributed by atoms with Gasteiger partial charge in [0.25, 0.3) is 0 Å². The third kappa shape index (κ3) is 2.50. The lowest BCUT2D eigenvalue weighted by Gasteiger charge is -2.44. The van der Waals surface area contributed by atoms with Crippen molar-refractivity contribution in [1.29, 1.82) is 0 Å². The van der Waals surface area contributed by atoms with E-state index in [9.17, 15) is 4.79 Å². The first kappa shape index (κ1) is 13.7. The molecule has 0 spiro atoms. The summed E-state index contributed by atoms with van der Waals surface area (Å²) in [6, 6.07) is 5.53. The SMILES string of the molecule is COC(=O)C1(Nc2ccc(Cl)c(Br)c2)CC(C)C1. The fourth-order valence-electron chi connectivity index (χ4n) is 2.50. The van der Waals surface area contributed by atoms with Crippen LogP contribution in [0, 0.1) is 5.92 Å². The van der Waals surface area contributed by atoms with Gasteiger partial charge in [-0.2, -0.15) is 0 Å². The molecule has 18 heavy (non-hydrogen) atoms. The molecule has 0 aliphatic heterocycles. The van der Waals surface area contributed by atoms with Gasteiger partial charge in [-0.1, -0.05) is 18.5 Å². The molecule has 1 aromatic carbocycles. The van der Waals surface area contributed by atoms with Gasteiger partial charge >= 0.3 is 5.97 Å². The summed E-state index contributed by atoms with van der Waals surface area (Å²) in [5, 5.41) is 3.93. The number of esters is 1. The van der Waals surface area contributed by atoms with Gasteiger partial charge in [-0.25, -0.2) is 4.79 Å². The number of anilines is 1. The average molecular weight is 333 g/mol. The Hall–Kier alpha value is -0.740. The second kappa shape index (κ2) is 5.10. The van der Waals surface area contributed by atoms with Gasteiger partial charge in [-0.05, 0) is 52.9 Å². The summed E-state index contributed by atoms with van der Waals surface area (Å²) in [5.41, 5.74) is 0.283. The van der Waals surface area contributed by atoms with Crippen LogP contribution in [0.1, 0.15) is 19.8 Å². The Morgan fingerprint density at radius 3 is 2.72 bits per heavy atom. The maximum Gasteiger partial charge on any atom is 0.331 e. The van der Waals surface area contributed by atoms with E-state index in [2.05, 4.69) is 28.2 Å². The lowest BCUT2D eigenvalue weighted by Crippen LogP contribution is -2.56. The third-order valence-electron chi connectivity index (χ3n) is 3.27. The molecular weight excluding hydrogens is 318 g/mol. The second-order valence-electron chi connectivity index (χ2n) is 4.84. The predicted octanol–water partition coefficient (Wildman–Crippen LogP) is 3.86. The zero-order valence-corrected chi connectivity index (χ0v) is 12.6. The molecule has 0 atom stereocenters. The molecule has 98 valence electrons. The average Bonchev–Trinajstić information content (AvgIpc) is 2.30. The maximum absolute atomic E-state index is 11.9. The Labute approximate surface area is 120 Å². The van der Waals surface area contributed by atoms with Crippen molar-refractivity contribution in [3.05, 3.63) is 27.7 Å². The maximum atomic E-state index is 11.9. The summed E-state index contributed by atoms with van der Waals surface area (Å²) in [6.45, 7) is 2.13. The number of ether oxygens (including phenoxy) is 1. The number of carbonyl (C=O) groups excluding carboxylic acids is 1. The summed E-state index contributed by atoms with van der Waals surface area (Å²) in [6.07, 6.45) is 1.58. The number of carbonyl (C=O) groups is 1. The van der Waals surface area contributed by atoms with E-state index in [1.54, 1.807) is 6.07 Å². The number of benzene rings is 1.